The first-order valence-electron chi connectivity index (χ1n) is 9.82. The summed E-state index contributed by atoms with van der Waals surface area (Å²) in [4.78, 5) is 18.7. The lowest BCUT2D eigenvalue weighted by Crippen LogP contribution is -2.63. The molecule has 6 heterocycles. The fourth-order valence-corrected chi connectivity index (χ4v) is 5.56. The smallest absolute Gasteiger partial charge is 0.402 e. The number of tetrazole rings is 1. The summed E-state index contributed by atoms with van der Waals surface area (Å²) in [5.74, 6) is -5.81. The predicted octanol–water partition coefficient (Wildman–Crippen LogP) is 2.34. The van der Waals surface area contributed by atoms with Crippen molar-refractivity contribution in [1.29, 1.82) is 0 Å². The van der Waals surface area contributed by atoms with Crippen LogP contribution in [0.25, 0.3) is 22.6 Å². The van der Waals surface area contributed by atoms with Gasteiger partial charge in [0, 0.05) is 17.3 Å². The van der Waals surface area contributed by atoms with Crippen LogP contribution in [0.15, 0.2) is 36.5 Å². The number of aliphatic hydroxyl groups is 1. The number of ether oxygens (including phenoxy) is 1. The number of anilines is 1. The van der Waals surface area contributed by atoms with E-state index in [1.54, 1.807) is 12.1 Å². The number of nitrogens with zero attached hydrogens (tertiary/aromatic N) is 6. The number of aryl methyl sites for hydroxylation is 1. The molecular formula is C18H13F2N6O7P. The lowest BCUT2D eigenvalue weighted by atomic mass is 10.1. The van der Waals surface area contributed by atoms with E-state index in [2.05, 4.69) is 20.4 Å². The second-order valence-electron chi connectivity index (χ2n) is 7.41. The zero-order chi connectivity index (χ0) is 23.9. The van der Waals surface area contributed by atoms with E-state index in [4.69, 9.17) is 18.3 Å². The van der Waals surface area contributed by atoms with Crippen LogP contribution >= 0.6 is 7.82 Å². The first-order valence-corrected chi connectivity index (χ1v) is 11.3. The largest absolute Gasteiger partial charge is 0.487 e. The fraction of sp³-hybridized carbons (Fsp3) is 0.278. The molecular weight excluding hydrogens is 481 g/mol. The third-order valence-corrected chi connectivity index (χ3v) is 6.88. The Balaban J connectivity index is 1.32. The molecule has 176 valence electrons. The van der Waals surface area contributed by atoms with E-state index in [9.17, 15) is 18.9 Å². The van der Waals surface area contributed by atoms with Crippen molar-refractivity contribution in [1.82, 2.24) is 25.2 Å². The normalized spacial score (nSPS) is 30.1. The van der Waals surface area contributed by atoms with Crippen molar-refractivity contribution >= 4 is 19.6 Å². The SMILES string of the molecule is CCn1nnc(-c2ccc(-c3ccc(N4C(=O)O[C@]5([C@@H](O)F)OP6(=O)OC45O6)cc3F)cn2)n1. The summed E-state index contributed by atoms with van der Waals surface area (Å²) >= 11 is 0. The molecule has 0 radical (unpaired) electrons. The van der Waals surface area contributed by atoms with Gasteiger partial charge in [-0.1, -0.05) is 6.07 Å². The molecule has 7 rings (SSSR count). The Morgan fingerprint density at radius 3 is 2.65 bits per heavy atom. The van der Waals surface area contributed by atoms with Crippen molar-refractivity contribution in [2.24, 2.45) is 0 Å². The van der Waals surface area contributed by atoms with Gasteiger partial charge in [-0.25, -0.2) is 36.6 Å². The second-order valence-corrected chi connectivity index (χ2v) is 8.85. The number of benzene rings is 1. The zero-order valence-electron chi connectivity index (χ0n) is 17.0. The summed E-state index contributed by atoms with van der Waals surface area (Å²) in [5, 5.41) is 21.4. The number of phosphoric acid groups is 1. The Kier molecular flexibility index (Phi) is 4.26. The quantitative estimate of drug-likeness (QED) is 0.521. The maximum atomic E-state index is 15.1. The molecule has 1 N–H and O–H groups in total. The van der Waals surface area contributed by atoms with E-state index in [-0.39, 0.29) is 11.3 Å². The number of hydrogen-bond donors (Lipinski definition) is 1. The number of halogens is 2. The van der Waals surface area contributed by atoms with E-state index in [1.165, 1.54) is 23.1 Å². The van der Waals surface area contributed by atoms with Gasteiger partial charge >= 0.3 is 25.6 Å². The van der Waals surface area contributed by atoms with Gasteiger partial charge in [0.25, 0.3) is 6.36 Å². The van der Waals surface area contributed by atoms with Gasteiger partial charge in [0.15, 0.2) is 0 Å². The Morgan fingerprint density at radius 2 is 2.03 bits per heavy atom. The Hall–Kier alpha value is -3.36. The van der Waals surface area contributed by atoms with Crippen LogP contribution in [0.3, 0.4) is 0 Å². The van der Waals surface area contributed by atoms with Crippen molar-refractivity contribution < 1.29 is 41.6 Å². The van der Waals surface area contributed by atoms with E-state index in [1.807, 2.05) is 6.92 Å². The highest BCUT2D eigenvalue weighted by Crippen LogP contribution is 2.81. The van der Waals surface area contributed by atoms with Gasteiger partial charge in [0.1, 0.15) is 11.5 Å². The number of alkyl halides is 1. The van der Waals surface area contributed by atoms with Gasteiger partial charge in [-0.05, 0) is 36.4 Å². The molecule has 3 aromatic rings. The maximum Gasteiger partial charge on any atom is 0.487 e. The van der Waals surface area contributed by atoms with Gasteiger partial charge < -0.3 is 9.84 Å². The number of carbonyl (C=O) groups is 1. The van der Waals surface area contributed by atoms with Crippen molar-refractivity contribution in [3.63, 3.8) is 0 Å². The molecule has 4 saturated heterocycles. The molecule has 0 aliphatic carbocycles. The van der Waals surface area contributed by atoms with Crippen molar-refractivity contribution in [2.75, 3.05) is 4.90 Å². The summed E-state index contributed by atoms with van der Waals surface area (Å²) in [6, 6.07) is 6.75. The lowest BCUT2D eigenvalue weighted by Gasteiger charge is -2.38. The number of rotatable bonds is 5. The fourth-order valence-electron chi connectivity index (χ4n) is 3.87. The predicted molar refractivity (Wildman–Crippen MR) is 105 cm³/mol. The van der Waals surface area contributed by atoms with E-state index in [0.717, 1.165) is 6.07 Å². The number of pyridine rings is 1. The first-order chi connectivity index (χ1) is 16.2. The molecule has 34 heavy (non-hydrogen) atoms. The van der Waals surface area contributed by atoms with E-state index >= 15 is 4.39 Å². The maximum absolute atomic E-state index is 15.1. The topological polar surface area (TPSA) is 151 Å². The van der Waals surface area contributed by atoms with Gasteiger partial charge in [-0.15, -0.1) is 10.2 Å². The molecule has 0 unspecified atom stereocenters. The Labute approximate surface area is 188 Å². The number of hydrogen-bond acceptors (Lipinski definition) is 11. The molecule has 1 spiro atoms. The van der Waals surface area contributed by atoms with Crippen LogP contribution in [0, 0.1) is 5.82 Å². The summed E-state index contributed by atoms with van der Waals surface area (Å²) in [6.07, 6.45) is -2.82. The van der Waals surface area contributed by atoms with E-state index in [0.29, 0.717) is 28.5 Å². The number of amides is 1. The second kappa shape index (κ2) is 6.84. The van der Waals surface area contributed by atoms with Gasteiger partial charge in [-0.2, -0.15) is 4.80 Å². The van der Waals surface area contributed by atoms with Crippen molar-refractivity contribution in [2.45, 2.75) is 31.5 Å². The van der Waals surface area contributed by atoms with Gasteiger partial charge in [0.05, 0.1) is 12.2 Å². The zero-order valence-corrected chi connectivity index (χ0v) is 17.9. The molecule has 4 aliphatic rings. The molecule has 2 atom stereocenters. The van der Waals surface area contributed by atoms with Crippen LogP contribution < -0.4 is 4.90 Å². The average molecular weight is 494 g/mol. The van der Waals surface area contributed by atoms with Crippen molar-refractivity contribution in [3.8, 4) is 22.6 Å². The van der Waals surface area contributed by atoms with Gasteiger partial charge in [-0.3, -0.25) is 4.98 Å². The summed E-state index contributed by atoms with van der Waals surface area (Å²) in [6.45, 7) is 2.40. The van der Waals surface area contributed by atoms with Crippen LogP contribution in [0.5, 0.6) is 0 Å². The minimum Gasteiger partial charge on any atom is -0.402 e. The monoisotopic (exact) mass is 494 g/mol. The molecule has 4 aliphatic heterocycles. The van der Waals surface area contributed by atoms with Gasteiger partial charge in [0.2, 0.25) is 5.82 Å². The minimum absolute atomic E-state index is 0.124. The number of carbonyl (C=O) groups excluding carboxylic acids is 1. The average Bonchev–Trinajstić information content (AvgIpc) is 3.47. The van der Waals surface area contributed by atoms with Crippen LogP contribution in [-0.2, 0) is 29.4 Å². The summed E-state index contributed by atoms with van der Waals surface area (Å²) in [5.41, 5.74) is 0.774. The highest BCUT2D eigenvalue weighted by molar-refractivity contribution is 7.50. The number of aliphatic hydroxyl groups excluding tert-OH is 1. The van der Waals surface area contributed by atoms with Crippen molar-refractivity contribution in [3.05, 3.63) is 42.3 Å². The first kappa shape index (κ1) is 21.2. The molecule has 1 amide bonds. The molecule has 0 saturated carbocycles. The number of phosphoric ester groups is 1. The summed E-state index contributed by atoms with van der Waals surface area (Å²) < 4.78 is 60.7. The highest BCUT2D eigenvalue weighted by Gasteiger charge is 2.92. The Bertz CT molecular complexity index is 1380. The minimum atomic E-state index is -4.23. The highest BCUT2D eigenvalue weighted by atomic mass is 31.2. The standard InChI is InChI=1S/C18H13F2N6O7P/c1-2-25-23-14(22-24-25)13-6-3-9(8-21-13)11-5-4-10(7-12(11)19)26-16(28)30-17(15(20)27)18(26)32-34(29,31-17)33-18/h3-8,15,27H,2H2,1H3/t15-,17-,18?,34?/m1/s1. The molecule has 13 nitrogen and oxygen atoms in total. The molecule has 1 aromatic carbocycles. The Morgan fingerprint density at radius 1 is 1.24 bits per heavy atom. The third-order valence-electron chi connectivity index (χ3n) is 5.44. The van der Waals surface area contributed by atoms with Crippen LogP contribution in [0.4, 0.5) is 19.3 Å². The van der Waals surface area contributed by atoms with Crippen LogP contribution in [-0.4, -0.2) is 54.4 Å². The van der Waals surface area contributed by atoms with Crippen LogP contribution in [0.1, 0.15) is 6.92 Å². The molecule has 2 bridgehead atoms. The van der Waals surface area contributed by atoms with Crippen LogP contribution in [0.2, 0.25) is 0 Å². The van der Waals surface area contributed by atoms with E-state index < -0.39 is 37.8 Å². The summed E-state index contributed by atoms with van der Waals surface area (Å²) in [7, 11) is -4.23. The molecule has 16 heteroatoms. The third kappa shape index (κ3) is 2.66. The lowest BCUT2D eigenvalue weighted by molar-refractivity contribution is -0.305. The molecule has 4 fully saturated rings. The number of aromatic nitrogens is 5. The molecule has 2 aromatic heterocycles.